The first-order chi connectivity index (χ1) is 22.9. The van der Waals surface area contributed by atoms with E-state index in [1.807, 2.05) is 6.92 Å². The minimum absolute atomic E-state index is 0.218. The lowest BCUT2D eigenvalue weighted by atomic mass is 9.47. The number of hydrogen-bond acceptors (Lipinski definition) is 6. The monoisotopic (exact) mass is 663 g/mol. The van der Waals surface area contributed by atoms with E-state index in [1.165, 1.54) is 57.9 Å². The first kappa shape index (κ1) is 32.2. The van der Waals surface area contributed by atoms with Gasteiger partial charge in [0.1, 0.15) is 0 Å². The lowest BCUT2D eigenvalue weighted by molar-refractivity contribution is -0.578. The van der Waals surface area contributed by atoms with E-state index >= 15 is 0 Å². The van der Waals surface area contributed by atoms with Crippen molar-refractivity contribution in [2.45, 2.75) is 174 Å². The number of fused-ring (bicyclic) bond motifs is 11. The fourth-order valence-electron chi connectivity index (χ4n) is 15.7. The number of rotatable bonds is 2. The van der Waals surface area contributed by atoms with Gasteiger partial charge in [-0.3, -0.25) is 4.90 Å². The molecule has 0 aromatic carbocycles. The summed E-state index contributed by atoms with van der Waals surface area (Å²) in [5.41, 5.74) is 2.05. The Kier molecular flexibility index (Phi) is 7.23. The highest BCUT2D eigenvalue weighted by molar-refractivity contribution is 5.27. The molecule has 5 aliphatic carbocycles. The van der Waals surface area contributed by atoms with Crippen molar-refractivity contribution < 1.29 is 24.0 Å². The molecule has 6 saturated heterocycles. The van der Waals surface area contributed by atoms with Gasteiger partial charge in [-0.15, -0.1) is 0 Å². The topological polar surface area (TPSA) is 49.4 Å². The molecule has 0 N–H and O–H groups in total. The number of allylic oxidation sites excluding steroid dienone is 1. The molecule has 4 saturated carbocycles. The van der Waals surface area contributed by atoms with E-state index in [4.69, 9.17) is 24.0 Å². The Morgan fingerprint density at radius 2 is 1.62 bits per heavy atom. The predicted octanol–water partition coefficient (Wildman–Crippen LogP) is 8.89. The molecule has 19 atom stereocenters. The van der Waals surface area contributed by atoms with E-state index in [0.717, 1.165) is 79.7 Å². The zero-order valence-corrected chi connectivity index (χ0v) is 31.1. The van der Waals surface area contributed by atoms with E-state index in [9.17, 15) is 0 Å². The van der Waals surface area contributed by atoms with Gasteiger partial charge in [0, 0.05) is 36.9 Å². The molecule has 268 valence electrons. The van der Waals surface area contributed by atoms with Gasteiger partial charge in [-0.05, 0) is 142 Å². The summed E-state index contributed by atoms with van der Waals surface area (Å²) in [4.78, 5) is 15.5. The summed E-state index contributed by atoms with van der Waals surface area (Å²) in [6.45, 7) is 18.7. The molecular weight excluding hydrogens is 598 g/mol. The van der Waals surface area contributed by atoms with Crippen LogP contribution in [0.5, 0.6) is 0 Å². The molecule has 11 rings (SSSR count). The zero-order valence-electron chi connectivity index (χ0n) is 31.1. The predicted molar refractivity (Wildman–Crippen MR) is 184 cm³/mol. The molecule has 2 bridgehead atoms. The van der Waals surface area contributed by atoms with Crippen LogP contribution >= 0.6 is 0 Å². The molecular formula is C42H65NO5. The Labute approximate surface area is 290 Å². The van der Waals surface area contributed by atoms with Crippen molar-refractivity contribution in [2.24, 2.45) is 70.0 Å². The van der Waals surface area contributed by atoms with Gasteiger partial charge in [0.25, 0.3) is 0 Å². The highest BCUT2D eigenvalue weighted by Gasteiger charge is 2.70. The molecule has 0 radical (unpaired) electrons. The van der Waals surface area contributed by atoms with Crippen LogP contribution < -0.4 is 0 Å². The maximum absolute atomic E-state index is 7.08. The minimum Gasteiger partial charge on any atom is -0.349 e. The van der Waals surface area contributed by atoms with E-state index in [2.05, 4.69) is 52.5 Å². The van der Waals surface area contributed by atoms with Crippen LogP contribution in [0.25, 0.3) is 0 Å². The van der Waals surface area contributed by atoms with Crippen LogP contribution in [-0.4, -0.2) is 53.6 Å². The summed E-state index contributed by atoms with van der Waals surface area (Å²) in [5.74, 6) is 6.05. The molecule has 10 fully saturated rings. The second kappa shape index (κ2) is 10.8. The first-order valence-electron chi connectivity index (χ1n) is 20.8. The van der Waals surface area contributed by atoms with Crippen molar-refractivity contribution in [3.8, 4) is 0 Å². The van der Waals surface area contributed by atoms with Crippen LogP contribution in [0.4, 0.5) is 0 Å². The molecule has 0 amide bonds. The average Bonchev–Trinajstić information content (AvgIpc) is 3.40. The first-order valence-corrected chi connectivity index (χ1v) is 20.8. The molecule has 0 aromatic rings. The van der Waals surface area contributed by atoms with E-state index in [1.54, 1.807) is 5.57 Å². The summed E-state index contributed by atoms with van der Waals surface area (Å²) in [5, 5.41) is 0. The fourth-order valence-corrected chi connectivity index (χ4v) is 15.7. The van der Waals surface area contributed by atoms with Crippen LogP contribution in [0.15, 0.2) is 11.6 Å². The summed E-state index contributed by atoms with van der Waals surface area (Å²) in [6.07, 6.45) is 18.5. The molecule has 1 spiro atoms. The second-order valence-electron chi connectivity index (χ2n) is 20.2. The van der Waals surface area contributed by atoms with Crippen molar-refractivity contribution >= 4 is 0 Å². The van der Waals surface area contributed by atoms with Crippen molar-refractivity contribution in [2.75, 3.05) is 6.54 Å². The average molecular weight is 664 g/mol. The number of piperidine rings is 1. The second-order valence-corrected chi connectivity index (χ2v) is 20.2. The van der Waals surface area contributed by atoms with E-state index in [0.29, 0.717) is 28.6 Å². The Hall–Kier alpha value is -0.500. The highest BCUT2D eigenvalue weighted by Crippen LogP contribution is 2.70. The maximum Gasteiger partial charge on any atom is 0.201 e. The Balaban J connectivity index is 0.864. The standard InChI is InChI=1S/C42H65NO5/c1-23-8-13-34-26(4)36-35(43(34)22-23)21-33-29-11-10-27-20-28(14-17-39(27,5)32(29)15-18-40(33,36)6)44-37-25(3)31-12-9-24(2)30-16-19-41(7)46-38(45-37)42(30,31)48-47-41/h10,23-26,28-38H,8-9,11-22H2,1-7H3/t23?,24-,25-,26-,28-,29?,30?,31?,32?,33?,34?,35+,36+,37?,38?,39+,40+,41+,42-/m1/s1. The fraction of sp³-hybridized carbons (Fsp3) is 0.952. The van der Waals surface area contributed by atoms with Gasteiger partial charge in [-0.1, -0.05) is 53.2 Å². The van der Waals surface area contributed by atoms with Gasteiger partial charge in [0.05, 0.1) is 6.10 Å². The number of hydrogen-bond donors (Lipinski definition) is 0. The van der Waals surface area contributed by atoms with Crippen molar-refractivity contribution in [3.05, 3.63) is 11.6 Å². The van der Waals surface area contributed by atoms with Crippen molar-refractivity contribution in [1.29, 1.82) is 0 Å². The molecule has 48 heavy (non-hydrogen) atoms. The molecule has 11 aliphatic rings. The van der Waals surface area contributed by atoms with Crippen molar-refractivity contribution in [3.63, 3.8) is 0 Å². The molecule has 0 aromatic heterocycles. The summed E-state index contributed by atoms with van der Waals surface area (Å²) in [7, 11) is 0. The SMILES string of the molecule is CC1CCC2[C@@H](C)[C@H]3[C@H](CC4C5CC=C6C[C@H](OC7OC8O[C@]9(C)CCC%10[C@H](C)CCC([C@H]7C)[C@@]8%10OO9)CC[C@]6(C)C5CC[C@@]43C)N2C1. The molecule has 6 heterocycles. The van der Waals surface area contributed by atoms with Gasteiger partial charge < -0.3 is 14.2 Å². The number of ether oxygens (including phenoxy) is 3. The van der Waals surface area contributed by atoms with Crippen LogP contribution in [0.2, 0.25) is 0 Å². The quantitative estimate of drug-likeness (QED) is 0.217. The summed E-state index contributed by atoms with van der Waals surface area (Å²) in [6, 6.07) is 1.70. The Morgan fingerprint density at radius 3 is 2.48 bits per heavy atom. The summed E-state index contributed by atoms with van der Waals surface area (Å²) >= 11 is 0. The van der Waals surface area contributed by atoms with Crippen molar-refractivity contribution in [1.82, 2.24) is 4.90 Å². The van der Waals surface area contributed by atoms with E-state index in [-0.39, 0.29) is 18.3 Å². The third kappa shape index (κ3) is 4.20. The maximum atomic E-state index is 7.08. The zero-order chi connectivity index (χ0) is 33.0. The van der Waals surface area contributed by atoms with Gasteiger partial charge in [-0.25, -0.2) is 9.78 Å². The lowest BCUT2D eigenvalue weighted by Crippen LogP contribution is -2.70. The minimum atomic E-state index is -0.737. The summed E-state index contributed by atoms with van der Waals surface area (Å²) < 4.78 is 20.6. The third-order valence-corrected chi connectivity index (χ3v) is 18.1. The van der Waals surface area contributed by atoms with Crippen LogP contribution in [-0.2, 0) is 24.0 Å². The molecule has 9 unspecified atom stereocenters. The van der Waals surface area contributed by atoms with Gasteiger partial charge in [0.15, 0.2) is 18.2 Å². The van der Waals surface area contributed by atoms with Crippen LogP contribution in [0.1, 0.15) is 132 Å². The van der Waals surface area contributed by atoms with E-state index < -0.39 is 17.7 Å². The number of nitrogens with zero attached hydrogens (tertiary/aromatic N) is 1. The lowest BCUT2D eigenvalue weighted by Gasteiger charge is -2.61. The third-order valence-electron chi connectivity index (χ3n) is 18.1. The Morgan fingerprint density at radius 1 is 0.792 bits per heavy atom. The Bertz CT molecular complexity index is 1340. The molecule has 6 aliphatic heterocycles. The smallest absolute Gasteiger partial charge is 0.201 e. The normalized spacial score (nSPS) is 61.6. The van der Waals surface area contributed by atoms with Gasteiger partial charge in [0.2, 0.25) is 5.79 Å². The van der Waals surface area contributed by atoms with Gasteiger partial charge >= 0.3 is 0 Å². The molecule has 6 heteroatoms. The highest BCUT2D eigenvalue weighted by atomic mass is 17.3. The largest absolute Gasteiger partial charge is 0.349 e. The van der Waals surface area contributed by atoms with Crippen LogP contribution in [0, 0.1) is 70.0 Å². The molecule has 6 nitrogen and oxygen atoms in total. The van der Waals surface area contributed by atoms with Gasteiger partial charge in [-0.2, -0.15) is 0 Å². The van der Waals surface area contributed by atoms with Crippen LogP contribution in [0.3, 0.4) is 0 Å².